The maximum atomic E-state index is 13.4. The van der Waals surface area contributed by atoms with Gasteiger partial charge in [0.15, 0.2) is 0 Å². The molecule has 2 aromatic heterocycles. The first-order valence-corrected chi connectivity index (χ1v) is 6.46. The summed E-state index contributed by atoms with van der Waals surface area (Å²) in [6.45, 7) is 1.74. The molecule has 0 aliphatic heterocycles. The van der Waals surface area contributed by atoms with Crippen LogP contribution in [0.5, 0.6) is 0 Å². The highest BCUT2D eigenvalue weighted by molar-refractivity contribution is 5.78. The molecule has 6 heteroatoms. The number of aromatic nitrogens is 3. The Morgan fingerprint density at radius 3 is 2.81 bits per heavy atom. The van der Waals surface area contributed by atoms with E-state index in [-0.39, 0.29) is 10.9 Å². The number of hydrogen-bond acceptors (Lipinski definition) is 4. The van der Waals surface area contributed by atoms with Gasteiger partial charge in [-0.2, -0.15) is 0 Å². The van der Waals surface area contributed by atoms with Gasteiger partial charge in [-0.25, -0.2) is 9.37 Å². The van der Waals surface area contributed by atoms with E-state index in [9.17, 15) is 9.18 Å². The lowest BCUT2D eigenvalue weighted by molar-refractivity contribution is 0.628. The monoisotopic (exact) mass is 284 g/mol. The fourth-order valence-electron chi connectivity index (χ4n) is 2.22. The Labute approximate surface area is 119 Å². The van der Waals surface area contributed by atoms with E-state index in [0.29, 0.717) is 17.0 Å². The first-order valence-electron chi connectivity index (χ1n) is 6.46. The van der Waals surface area contributed by atoms with Gasteiger partial charge in [-0.3, -0.25) is 14.3 Å². The average molecular weight is 284 g/mol. The zero-order chi connectivity index (χ0) is 15.0. The maximum absolute atomic E-state index is 13.4. The Balaban J connectivity index is 2.43. The maximum Gasteiger partial charge on any atom is 0.266 e. The molecule has 0 bridgehead atoms. The van der Waals surface area contributed by atoms with Crippen molar-refractivity contribution in [2.24, 2.45) is 5.73 Å². The van der Waals surface area contributed by atoms with Crippen molar-refractivity contribution < 1.29 is 4.39 Å². The smallest absolute Gasteiger partial charge is 0.266 e. The molecule has 106 valence electrons. The summed E-state index contributed by atoms with van der Waals surface area (Å²) < 4.78 is 14.8. The molecule has 0 radical (unpaired) electrons. The summed E-state index contributed by atoms with van der Waals surface area (Å²) in [7, 11) is 0. The Morgan fingerprint density at radius 2 is 2.14 bits per heavy atom. The molecule has 3 aromatic rings. The van der Waals surface area contributed by atoms with Gasteiger partial charge >= 0.3 is 0 Å². The summed E-state index contributed by atoms with van der Waals surface area (Å²) in [6, 6.07) is 6.92. The largest absolute Gasteiger partial charge is 0.322 e. The van der Waals surface area contributed by atoms with Gasteiger partial charge in [-0.05, 0) is 37.3 Å². The highest BCUT2D eigenvalue weighted by atomic mass is 19.1. The zero-order valence-electron chi connectivity index (χ0n) is 11.3. The summed E-state index contributed by atoms with van der Waals surface area (Å²) in [5, 5.41) is 0.211. The van der Waals surface area contributed by atoms with Crippen molar-refractivity contribution in [3.8, 4) is 5.69 Å². The molecule has 1 atom stereocenters. The van der Waals surface area contributed by atoms with Gasteiger partial charge in [0.05, 0.1) is 28.8 Å². The Hall–Kier alpha value is -2.60. The normalized spacial score (nSPS) is 12.5. The van der Waals surface area contributed by atoms with Crippen LogP contribution >= 0.6 is 0 Å². The van der Waals surface area contributed by atoms with E-state index in [1.54, 1.807) is 31.5 Å². The van der Waals surface area contributed by atoms with Crippen molar-refractivity contribution in [2.45, 2.75) is 13.0 Å². The summed E-state index contributed by atoms with van der Waals surface area (Å²) in [6.07, 6.45) is 3.15. The van der Waals surface area contributed by atoms with Crippen molar-refractivity contribution in [3.63, 3.8) is 0 Å². The molecule has 2 heterocycles. The quantitative estimate of drug-likeness (QED) is 0.780. The number of pyridine rings is 1. The van der Waals surface area contributed by atoms with Gasteiger partial charge in [-0.15, -0.1) is 0 Å². The molecule has 21 heavy (non-hydrogen) atoms. The molecule has 0 spiro atoms. The molecule has 0 saturated carbocycles. The second-order valence-electron chi connectivity index (χ2n) is 4.77. The van der Waals surface area contributed by atoms with Crippen LogP contribution in [0.15, 0.2) is 47.5 Å². The number of benzene rings is 1. The molecule has 1 unspecified atom stereocenters. The van der Waals surface area contributed by atoms with Gasteiger partial charge in [0.1, 0.15) is 11.6 Å². The summed E-state index contributed by atoms with van der Waals surface area (Å²) in [5.41, 5.74) is 6.54. The first-order chi connectivity index (χ1) is 10.1. The van der Waals surface area contributed by atoms with E-state index in [2.05, 4.69) is 9.97 Å². The number of rotatable bonds is 2. The molecule has 0 amide bonds. The lowest BCUT2D eigenvalue weighted by atomic mass is 10.2. The Morgan fingerprint density at radius 1 is 1.33 bits per heavy atom. The second kappa shape index (κ2) is 5.06. The van der Waals surface area contributed by atoms with Crippen LogP contribution < -0.4 is 11.3 Å². The van der Waals surface area contributed by atoms with E-state index in [4.69, 9.17) is 5.73 Å². The molecule has 0 saturated heterocycles. The fraction of sp³-hybridized carbons (Fsp3) is 0.133. The van der Waals surface area contributed by atoms with Crippen molar-refractivity contribution in [1.82, 2.24) is 14.5 Å². The third-order valence-corrected chi connectivity index (χ3v) is 3.17. The van der Waals surface area contributed by atoms with Gasteiger partial charge in [0, 0.05) is 6.20 Å². The SMILES string of the molecule is CC(N)c1nc2ccc(F)cc2c(=O)n1-c1cccnc1. The number of hydrogen-bond donors (Lipinski definition) is 1. The van der Waals surface area contributed by atoms with Gasteiger partial charge in [0.25, 0.3) is 5.56 Å². The van der Waals surface area contributed by atoms with Crippen LogP contribution in [0.4, 0.5) is 4.39 Å². The van der Waals surface area contributed by atoms with E-state index >= 15 is 0 Å². The van der Waals surface area contributed by atoms with Crippen LogP contribution in [0.3, 0.4) is 0 Å². The fourth-order valence-corrected chi connectivity index (χ4v) is 2.22. The molecular weight excluding hydrogens is 271 g/mol. The molecule has 0 aliphatic rings. The third-order valence-electron chi connectivity index (χ3n) is 3.17. The lowest BCUT2D eigenvalue weighted by Gasteiger charge is -2.15. The van der Waals surface area contributed by atoms with Gasteiger partial charge < -0.3 is 5.73 Å². The highest BCUT2D eigenvalue weighted by Gasteiger charge is 2.15. The first kappa shape index (κ1) is 13.4. The minimum absolute atomic E-state index is 0.211. The predicted molar refractivity (Wildman–Crippen MR) is 77.7 cm³/mol. The third kappa shape index (κ3) is 2.30. The summed E-state index contributed by atoms with van der Waals surface area (Å²) in [4.78, 5) is 21.1. The molecule has 3 rings (SSSR count). The van der Waals surface area contributed by atoms with Crippen LogP contribution in [0.1, 0.15) is 18.8 Å². The summed E-state index contributed by atoms with van der Waals surface area (Å²) in [5.74, 6) is -0.0696. The molecular formula is C15H13FN4O. The minimum atomic E-state index is -0.479. The predicted octanol–water partition coefficient (Wildman–Crippen LogP) is 1.94. The summed E-state index contributed by atoms with van der Waals surface area (Å²) >= 11 is 0. The highest BCUT2D eigenvalue weighted by Crippen LogP contribution is 2.16. The molecule has 1 aromatic carbocycles. The van der Waals surface area contributed by atoms with Crippen LogP contribution in [0.25, 0.3) is 16.6 Å². The van der Waals surface area contributed by atoms with Crippen molar-refractivity contribution in [1.29, 1.82) is 0 Å². The van der Waals surface area contributed by atoms with Crippen LogP contribution in [0.2, 0.25) is 0 Å². The molecule has 0 aliphatic carbocycles. The van der Waals surface area contributed by atoms with Gasteiger partial charge in [0.2, 0.25) is 0 Å². The van der Waals surface area contributed by atoms with Gasteiger partial charge in [-0.1, -0.05) is 0 Å². The van der Waals surface area contributed by atoms with Crippen LogP contribution in [0, 0.1) is 5.82 Å². The number of nitrogens with two attached hydrogens (primary N) is 1. The lowest BCUT2D eigenvalue weighted by Crippen LogP contribution is -2.27. The number of halogens is 1. The number of nitrogens with zero attached hydrogens (tertiary/aromatic N) is 3. The zero-order valence-corrected chi connectivity index (χ0v) is 11.3. The van der Waals surface area contributed by atoms with E-state index in [1.807, 2.05) is 0 Å². The standard InChI is InChI=1S/C15H13FN4O/c1-9(17)14-19-13-5-4-10(16)7-12(13)15(21)20(14)11-3-2-6-18-8-11/h2-9H,17H2,1H3. The number of fused-ring (bicyclic) bond motifs is 1. The van der Waals surface area contributed by atoms with Crippen molar-refractivity contribution in [3.05, 3.63) is 64.7 Å². The van der Waals surface area contributed by atoms with Crippen molar-refractivity contribution in [2.75, 3.05) is 0 Å². The molecule has 5 nitrogen and oxygen atoms in total. The minimum Gasteiger partial charge on any atom is -0.322 e. The molecule has 0 fully saturated rings. The van der Waals surface area contributed by atoms with E-state index in [0.717, 1.165) is 0 Å². The Bertz CT molecular complexity index is 859. The average Bonchev–Trinajstić information content (AvgIpc) is 2.48. The second-order valence-corrected chi connectivity index (χ2v) is 4.77. The molecule has 2 N–H and O–H groups in total. The van der Waals surface area contributed by atoms with Crippen molar-refractivity contribution >= 4 is 10.9 Å². The van der Waals surface area contributed by atoms with Crippen LogP contribution in [-0.2, 0) is 0 Å². The van der Waals surface area contributed by atoms with E-state index < -0.39 is 11.9 Å². The Kier molecular flexibility index (Phi) is 3.23. The van der Waals surface area contributed by atoms with Crippen LogP contribution in [-0.4, -0.2) is 14.5 Å². The van der Waals surface area contributed by atoms with E-state index in [1.165, 1.54) is 22.8 Å². The topological polar surface area (TPSA) is 73.8 Å².